The lowest BCUT2D eigenvalue weighted by atomic mass is 10.2. The predicted octanol–water partition coefficient (Wildman–Crippen LogP) is 4.52. The highest BCUT2D eigenvalue weighted by Gasteiger charge is 2.04. The third-order valence-corrected chi connectivity index (χ3v) is 4.90. The first-order valence-electron chi connectivity index (χ1n) is 5.12. The number of thiophene rings is 1. The minimum Gasteiger partial charge on any atom is -0.389 e. The second-order valence-corrected chi connectivity index (χ2v) is 6.85. The van der Waals surface area contributed by atoms with Crippen LogP contribution in [0.2, 0.25) is 0 Å². The van der Waals surface area contributed by atoms with Crippen molar-refractivity contribution in [3.63, 3.8) is 0 Å². The molecule has 0 unspecified atom stereocenters. The first-order valence-corrected chi connectivity index (χ1v) is 8.00. The third-order valence-electron chi connectivity index (χ3n) is 2.32. The molecule has 0 saturated carbocycles. The van der Waals surface area contributed by atoms with Crippen LogP contribution in [-0.2, 0) is 6.54 Å². The van der Waals surface area contributed by atoms with Crippen molar-refractivity contribution in [3.8, 4) is 0 Å². The van der Waals surface area contributed by atoms with E-state index in [0.717, 1.165) is 26.7 Å². The SMILES string of the molecule is NC(=S)c1ccc(NCc2cc(Br)cs2)cc1Br. The minimum absolute atomic E-state index is 0.399. The molecule has 2 nitrogen and oxygen atoms in total. The highest BCUT2D eigenvalue weighted by molar-refractivity contribution is 9.10. The van der Waals surface area contributed by atoms with Crippen LogP contribution < -0.4 is 11.1 Å². The van der Waals surface area contributed by atoms with E-state index in [4.69, 9.17) is 18.0 Å². The summed E-state index contributed by atoms with van der Waals surface area (Å²) >= 11 is 13.6. The Kier molecular flexibility index (Phi) is 4.77. The second-order valence-electron chi connectivity index (χ2n) is 3.64. The highest BCUT2D eigenvalue weighted by atomic mass is 79.9. The summed E-state index contributed by atoms with van der Waals surface area (Å²) in [6, 6.07) is 7.98. The molecule has 2 aromatic rings. The van der Waals surface area contributed by atoms with Crippen molar-refractivity contribution in [1.82, 2.24) is 0 Å². The van der Waals surface area contributed by atoms with Gasteiger partial charge < -0.3 is 11.1 Å². The second kappa shape index (κ2) is 6.14. The maximum Gasteiger partial charge on any atom is 0.105 e. The molecule has 0 fully saturated rings. The summed E-state index contributed by atoms with van der Waals surface area (Å²) in [6.07, 6.45) is 0. The van der Waals surface area contributed by atoms with Gasteiger partial charge >= 0.3 is 0 Å². The molecule has 0 bridgehead atoms. The van der Waals surface area contributed by atoms with Crippen molar-refractivity contribution < 1.29 is 0 Å². The largest absolute Gasteiger partial charge is 0.389 e. The van der Waals surface area contributed by atoms with Gasteiger partial charge in [-0.25, -0.2) is 0 Å². The van der Waals surface area contributed by atoms with Gasteiger partial charge in [0.15, 0.2) is 0 Å². The Labute approximate surface area is 132 Å². The zero-order valence-corrected chi connectivity index (χ0v) is 14.0. The van der Waals surface area contributed by atoms with E-state index in [1.807, 2.05) is 18.2 Å². The van der Waals surface area contributed by atoms with Gasteiger partial charge in [-0.15, -0.1) is 11.3 Å². The molecular weight excluding hydrogens is 396 g/mol. The van der Waals surface area contributed by atoms with Crippen molar-refractivity contribution in [2.75, 3.05) is 5.32 Å². The zero-order valence-electron chi connectivity index (χ0n) is 9.24. The minimum atomic E-state index is 0.399. The number of anilines is 1. The van der Waals surface area contributed by atoms with E-state index in [9.17, 15) is 0 Å². The van der Waals surface area contributed by atoms with E-state index in [-0.39, 0.29) is 0 Å². The first-order chi connectivity index (χ1) is 8.56. The molecule has 0 aliphatic heterocycles. The smallest absolute Gasteiger partial charge is 0.105 e. The number of thiocarbonyl (C=S) groups is 1. The molecule has 94 valence electrons. The van der Waals surface area contributed by atoms with Crippen molar-refractivity contribution >= 4 is 66.1 Å². The lowest BCUT2D eigenvalue weighted by Gasteiger charge is -2.08. The average Bonchev–Trinajstić information content (AvgIpc) is 2.72. The van der Waals surface area contributed by atoms with Crippen LogP contribution in [0.1, 0.15) is 10.4 Å². The number of rotatable bonds is 4. The lowest BCUT2D eigenvalue weighted by Crippen LogP contribution is -2.10. The van der Waals surface area contributed by atoms with Gasteiger partial charge in [0.25, 0.3) is 0 Å². The molecule has 0 radical (unpaired) electrons. The van der Waals surface area contributed by atoms with E-state index in [0.29, 0.717) is 4.99 Å². The Hall–Kier alpha value is -0.430. The molecular formula is C12H10Br2N2S2. The van der Waals surface area contributed by atoms with E-state index < -0.39 is 0 Å². The van der Waals surface area contributed by atoms with Crippen LogP contribution in [0.4, 0.5) is 5.69 Å². The average molecular weight is 406 g/mol. The van der Waals surface area contributed by atoms with Crippen molar-refractivity contribution in [2.45, 2.75) is 6.54 Å². The number of nitrogens with one attached hydrogen (secondary N) is 1. The monoisotopic (exact) mass is 404 g/mol. The zero-order chi connectivity index (χ0) is 13.1. The molecule has 6 heteroatoms. The molecule has 18 heavy (non-hydrogen) atoms. The van der Waals surface area contributed by atoms with E-state index >= 15 is 0 Å². The Morgan fingerprint density at radius 1 is 1.33 bits per heavy atom. The molecule has 1 aromatic carbocycles. The molecule has 0 saturated heterocycles. The maximum atomic E-state index is 5.61. The number of halogens is 2. The Morgan fingerprint density at radius 2 is 2.11 bits per heavy atom. The van der Waals surface area contributed by atoms with Gasteiger partial charge in [0, 0.05) is 37.0 Å². The molecule has 0 aliphatic carbocycles. The summed E-state index contributed by atoms with van der Waals surface area (Å²) in [5, 5.41) is 5.43. The molecule has 0 spiro atoms. The fourth-order valence-electron chi connectivity index (χ4n) is 1.46. The van der Waals surface area contributed by atoms with Crippen LogP contribution in [0.3, 0.4) is 0 Å². The van der Waals surface area contributed by atoms with Crippen molar-refractivity contribution in [3.05, 3.63) is 49.0 Å². The molecule has 1 aromatic heterocycles. The van der Waals surface area contributed by atoms with Crippen LogP contribution in [-0.4, -0.2) is 4.99 Å². The Morgan fingerprint density at radius 3 is 2.67 bits per heavy atom. The molecule has 3 N–H and O–H groups in total. The predicted molar refractivity (Wildman–Crippen MR) is 89.4 cm³/mol. The summed E-state index contributed by atoms with van der Waals surface area (Å²) in [7, 11) is 0. The van der Waals surface area contributed by atoms with E-state index in [1.165, 1.54) is 4.88 Å². The third kappa shape index (κ3) is 3.54. The van der Waals surface area contributed by atoms with E-state index in [1.54, 1.807) is 11.3 Å². The van der Waals surface area contributed by atoms with Gasteiger partial charge in [0.1, 0.15) is 4.99 Å². The van der Waals surface area contributed by atoms with Crippen LogP contribution in [0.15, 0.2) is 38.6 Å². The number of hydrogen-bond donors (Lipinski definition) is 2. The van der Waals surface area contributed by atoms with Gasteiger partial charge in [0.05, 0.1) is 0 Å². The lowest BCUT2D eigenvalue weighted by molar-refractivity contribution is 1.19. The summed E-state index contributed by atoms with van der Waals surface area (Å²) in [4.78, 5) is 1.67. The summed E-state index contributed by atoms with van der Waals surface area (Å²) < 4.78 is 2.03. The fourth-order valence-corrected chi connectivity index (χ4v) is 3.75. The topological polar surface area (TPSA) is 38.0 Å². The summed E-state index contributed by atoms with van der Waals surface area (Å²) in [5.74, 6) is 0. The molecule has 0 atom stereocenters. The van der Waals surface area contributed by atoms with Crippen LogP contribution in [0, 0.1) is 0 Å². The number of hydrogen-bond acceptors (Lipinski definition) is 3. The van der Waals surface area contributed by atoms with Crippen molar-refractivity contribution in [2.24, 2.45) is 5.73 Å². The van der Waals surface area contributed by atoms with Gasteiger partial charge in [0.2, 0.25) is 0 Å². The van der Waals surface area contributed by atoms with Gasteiger partial charge in [-0.1, -0.05) is 12.2 Å². The highest BCUT2D eigenvalue weighted by Crippen LogP contribution is 2.24. The van der Waals surface area contributed by atoms with Crippen LogP contribution in [0.25, 0.3) is 0 Å². The normalized spacial score (nSPS) is 10.3. The first kappa shape index (κ1) is 14.0. The quantitative estimate of drug-likeness (QED) is 0.734. The standard InChI is InChI=1S/C12H10Br2N2S2/c13-7-3-9(18-6-7)5-16-8-1-2-10(12(15)17)11(14)4-8/h1-4,6,16H,5H2,(H2,15,17). The van der Waals surface area contributed by atoms with Crippen molar-refractivity contribution in [1.29, 1.82) is 0 Å². The van der Waals surface area contributed by atoms with E-state index in [2.05, 4.69) is 48.6 Å². The molecule has 0 amide bonds. The van der Waals surface area contributed by atoms with Gasteiger partial charge in [-0.2, -0.15) is 0 Å². The fraction of sp³-hybridized carbons (Fsp3) is 0.0833. The summed E-state index contributed by atoms with van der Waals surface area (Å²) in [5.41, 5.74) is 7.50. The van der Waals surface area contributed by atoms with Gasteiger partial charge in [-0.05, 0) is 56.1 Å². The number of nitrogens with two attached hydrogens (primary N) is 1. The molecule has 1 heterocycles. The van der Waals surface area contributed by atoms with Crippen LogP contribution in [0.5, 0.6) is 0 Å². The van der Waals surface area contributed by atoms with Gasteiger partial charge in [-0.3, -0.25) is 0 Å². The van der Waals surface area contributed by atoms with Crippen LogP contribution >= 0.6 is 55.4 Å². The number of benzene rings is 1. The Bertz CT molecular complexity index is 581. The Balaban J connectivity index is 2.06. The summed E-state index contributed by atoms with van der Waals surface area (Å²) in [6.45, 7) is 0.801. The molecule has 0 aliphatic rings. The molecule has 2 rings (SSSR count). The maximum absolute atomic E-state index is 5.61.